The highest BCUT2D eigenvalue weighted by molar-refractivity contribution is 6.06. The van der Waals surface area contributed by atoms with Crippen LogP contribution in [0.4, 0.5) is 0 Å². The number of hydrogen-bond acceptors (Lipinski definition) is 5. The second-order valence-electron chi connectivity index (χ2n) is 3.98. The Balaban J connectivity index is 2.42. The molecule has 0 unspecified atom stereocenters. The summed E-state index contributed by atoms with van der Waals surface area (Å²) in [6, 6.07) is 3.75. The summed E-state index contributed by atoms with van der Waals surface area (Å²) in [6.45, 7) is 1.32. The number of methoxy groups -OCH3 is 2. The van der Waals surface area contributed by atoms with Gasteiger partial charge in [-0.25, -0.2) is 4.79 Å². The van der Waals surface area contributed by atoms with Crippen LogP contribution in [0.25, 0.3) is 0 Å². The van der Waals surface area contributed by atoms with Crippen LogP contribution >= 0.6 is 0 Å². The minimum absolute atomic E-state index is 0.427. The Morgan fingerprint density at radius 2 is 2.00 bits per heavy atom. The molecule has 0 saturated heterocycles. The maximum absolute atomic E-state index is 10.8. The zero-order chi connectivity index (χ0) is 13.1. The molecule has 0 atom stereocenters. The van der Waals surface area contributed by atoms with Crippen molar-refractivity contribution in [1.29, 1.82) is 0 Å². The number of aryl methyl sites for hydroxylation is 1. The van der Waals surface area contributed by atoms with E-state index in [1.807, 2.05) is 6.07 Å². The first-order valence-corrected chi connectivity index (χ1v) is 5.65. The molecule has 0 radical (unpaired) electrons. The number of oxime groups is 1. The Bertz CT molecular complexity index is 508. The van der Waals surface area contributed by atoms with Crippen LogP contribution in [0.3, 0.4) is 0 Å². The first kappa shape index (κ1) is 12.4. The predicted octanol–water partition coefficient (Wildman–Crippen LogP) is 1.92. The third-order valence-electron chi connectivity index (χ3n) is 2.82. The standard InChI is InChI=1S/C13H15NO4/c1-8(15)18-14-11-5-4-9-6-10(16-2)7-12(17-3)13(9)11/h6-7H,4-5H2,1-3H3/b14-11+. The van der Waals surface area contributed by atoms with Crippen LogP contribution < -0.4 is 9.47 Å². The Morgan fingerprint density at radius 3 is 2.61 bits per heavy atom. The number of hydrogen-bond donors (Lipinski definition) is 0. The second-order valence-corrected chi connectivity index (χ2v) is 3.98. The van der Waals surface area contributed by atoms with Crippen LogP contribution in [0.2, 0.25) is 0 Å². The number of carbonyl (C=O) groups excluding carboxylic acids is 1. The number of fused-ring (bicyclic) bond motifs is 1. The molecule has 0 N–H and O–H groups in total. The summed E-state index contributed by atoms with van der Waals surface area (Å²) >= 11 is 0. The van der Waals surface area contributed by atoms with Gasteiger partial charge in [-0.15, -0.1) is 0 Å². The molecule has 0 heterocycles. The van der Waals surface area contributed by atoms with Crippen molar-refractivity contribution in [1.82, 2.24) is 0 Å². The minimum atomic E-state index is -0.427. The average molecular weight is 249 g/mol. The normalized spacial score (nSPS) is 15.4. The molecule has 0 aromatic heterocycles. The highest BCUT2D eigenvalue weighted by Crippen LogP contribution is 2.35. The lowest BCUT2D eigenvalue weighted by Gasteiger charge is -2.10. The molecule has 1 aliphatic rings. The number of ether oxygens (including phenoxy) is 2. The fourth-order valence-corrected chi connectivity index (χ4v) is 2.04. The van der Waals surface area contributed by atoms with Crippen molar-refractivity contribution in [3.8, 4) is 11.5 Å². The predicted molar refractivity (Wildman–Crippen MR) is 66.2 cm³/mol. The van der Waals surface area contributed by atoms with Gasteiger partial charge in [0.1, 0.15) is 11.5 Å². The highest BCUT2D eigenvalue weighted by Gasteiger charge is 2.24. The third-order valence-corrected chi connectivity index (χ3v) is 2.82. The summed E-state index contributed by atoms with van der Waals surface area (Å²) in [7, 11) is 3.21. The van der Waals surface area contributed by atoms with E-state index in [1.165, 1.54) is 6.92 Å². The summed E-state index contributed by atoms with van der Waals surface area (Å²) in [5.74, 6) is 1.01. The van der Waals surface area contributed by atoms with E-state index in [0.29, 0.717) is 5.75 Å². The Hall–Kier alpha value is -2.04. The van der Waals surface area contributed by atoms with Crippen LogP contribution in [0.5, 0.6) is 11.5 Å². The average Bonchev–Trinajstić information content (AvgIpc) is 2.78. The fourth-order valence-electron chi connectivity index (χ4n) is 2.04. The molecule has 18 heavy (non-hydrogen) atoms. The van der Waals surface area contributed by atoms with Crippen molar-refractivity contribution in [3.05, 3.63) is 23.3 Å². The molecule has 1 aromatic carbocycles. The summed E-state index contributed by atoms with van der Waals surface area (Å²) < 4.78 is 10.5. The fraction of sp³-hybridized carbons (Fsp3) is 0.385. The number of benzene rings is 1. The first-order valence-electron chi connectivity index (χ1n) is 5.65. The second kappa shape index (κ2) is 5.08. The molecular weight excluding hydrogens is 234 g/mol. The zero-order valence-corrected chi connectivity index (χ0v) is 10.6. The molecule has 0 spiro atoms. The van der Waals surface area contributed by atoms with E-state index in [9.17, 15) is 4.79 Å². The number of rotatable bonds is 3. The van der Waals surface area contributed by atoms with Gasteiger partial charge in [0.25, 0.3) is 0 Å². The smallest absolute Gasteiger partial charge is 0.331 e. The van der Waals surface area contributed by atoms with Crippen LogP contribution in [0.1, 0.15) is 24.5 Å². The third kappa shape index (κ3) is 2.30. The maximum Gasteiger partial charge on any atom is 0.331 e. The Labute approximate surface area is 105 Å². The molecule has 0 bridgehead atoms. The lowest BCUT2D eigenvalue weighted by Crippen LogP contribution is -2.02. The van der Waals surface area contributed by atoms with Gasteiger partial charge >= 0.3 is 5.97 Å². The van der Waals surface area contributed by atoms with Gasteiger partial charge in [-0.2, -0.15) is 0 Å². The maximum atomic E-state index is 10.8. The zero-order valence-electron chi connectivity index (χ0n) is 10.6. The summed E-state index contributed by atoms with van der Waals surface area (Å²) in [5.41, 5.74) is 2.73. The van der Waals surface area contributed by atoms with Crippen molar-refractivity contribution in [3.63, 3.8) is 0 Å². The molecule has 5 heteroatoms. The summed E-state index contributed by atoms with van der Waals surface area (Å²) in [5, 5.41) is 3.87. The molecule has 1 aliphatic carbocycles. The molecule has 0 fully saturated rings. The lowest BCUT2D eigenvalue weighted by molar-refractivity contribution is -0.140. The van der Waals surface area contributed by atoms with Gasteiger partial charge in [0.2, 0.25) is 0 Å². The Morgan fingerprint density at radius 1 is 1.22 bits per heavy atom. The monoisotopic (exact) mass is 249 g/mol. The molecule has 2 rings (SSSR count). The van der Waals surface area contributed by atoms with Crippen LogP contribution in [0, 0.1) is 0 Å². The van der Waals surface area contributed by atoms with Crippen molar-refractivity contribution in [2.75, 3.05) is 14.2 Å². The lowest BCUT2D eigenvalue weighted by atomic mass is 10.1. The van der Waals surface area contributed by atoms with Gasteiger partial charge in [0.05, 0.1) is 19.9 Å². The molecule has 5 nitrogen and oxygen atoms in total. The highest BCUT2D eigenvalue weighted by atomic mass is 16.7. The molecular formula is C13H15NO4. The quantitative estimate of drug-likeness (QED) is 0.606. The van der Waals surface area contributed by atoms with E-state index in [4.69, 9.17) is 14.3 Å². The van der Waals surface area contributed by atoms with Crippen molar-refractivity contribution in [2.45, 2.75) is 19.8 Å². The largest absolute Gasteiger partial charge is 0.497 e. The van der Waals surface area contributed by atoms with E-state index >= 15 is 0 Å². The van der Waals surface area contributed by atoms with Crippen LogP contribution in [-0.2, 0) is 16.1 Å². The van der Waals surface area contributed by atoms with Crippen molar-refractivity contribution >= 4 is 11.7 Å². The SMILES string of the molecule is COc1cc2c(c(OC)c1)/C(=N/OC(C)=O)CC2. The van der Waals surface area contributed by atoms with Gasteiger partial charge in [0.15, 0.2) is 0 Å². The summed E-state index contributed by atoms with van der Waals surface area (Å²) in [4.78, 5) is 15.5. The first-order chi connectivity index (χ1) is 8.65. The minimum Gasteiger partial charge on any atom is -0.497 e. The van der Waals surface area contributed by atoms with E-state index in [2.05, 4.69) is 5.16 Å². The van der Waals surface area contributed by atoms with Crippen LogP contribution in [-0.4, -0.2) is 25.9 Å². The van der Waals surface area contributed by atoms with E-state index in [0.717, 1.165) is 35.4 Å². The van der Waals surface area contributed by atoms with Gasteiger partial charge in [-0.05, 0) is 24.5 Å². The summed E-state index contributed by atoms with van der Waals surface area (Å²) in [6.07, 6.45) is 1.56. The Kier molecular flexibility index (Phi) is 3.50. The molecule has 0 amide bonds. The van der Waals surface area contributed by atoms with Gasteiger partial charge < -0.3 is 14.3 Å². The van der Waals surface area contributed by atoms with Gasteiger partial charge in [-0.1, -0.05) is 5.16 Å². The number of carbonyl (C=O) groups is 1. The van der Waals surface area contributed by atoms with Crippen LogP contribution in [0.15, 0.2) is 17.3 Å². The van der Waals surface area contributed by atoms with E-state index < -0.39 is 5.97 Å². The van der Waals surface area contributed by atoms with E-state index in [-0.39, 0.29) is 0 Å². The van der Waals surface area contributed by atoms with Crippen molar-refractivity contribution in [2.24, 2.45) is 5.16 Å². The van der Waals surface area contributed by atoms with Gasteiger partial charge in [0, 0.05) is 18.6 Å². The van der Waals surface area contributed by atoms with E-state index in [1.54, 1.807) is 20.3 Å². The topological polar surface area (TPSA) is 57.1 Å². The number of nitrogens with zero attached hydrogens (tertiary/aromatic N) is 1. The molecule has 96 valence electrons. The molecule has 0 aliphatic heterocycles. The van der Waals surface area contributed by atoms with Crippen molar-refractivity contribution < 1.29 is 19.1 Å². The molecule has 1 aromatic rings. The van der Waals surface area contributed by atoms with Gasteiger partial charge in [-0.3, -0.25) is 0 Å². The molecule has 0 saturated carbocycles.